The van der Waals surface area contributed by atoms with E-state index in [1.807, 2.05) is 32.2 Å². The van der Waals surface area contributed by atoms with Crippen LogP contribution >= 0.6 is 0 Å². The largest absolute Gasteiger partial charge is 0.362 e. The Hall–Kier alpha value is -1.35. The fourth-order valence-electron chi connectivity index (χ4n) is 1.34. The SMILES string of the molecule is C/C=C(\NCOCCC)c1ccc(C)nc1. The number of rotatable bonds is 6. The van der Waals surface area contributed by atoms with Crippen molar-refractivity contribution in [1.29, 1.82) is 0 Å². The normalized spacial score (nSPS) is 11.6. The Kier molecular flexibility index (Phi) is 5.57. The van der Waals surface area contributed by atoms with Crippen LogP contribution in [0.5, 0.6) is 0 Å². The van der Waals surface area contributed by atoms with Crippen LogP contribution in [-0.2, 0) is 4.74 Å². The molecule has 88 valence electrons. The molecule has 3 nitrogen and oxygen atoms in total. The van der Waals surface area contributed by atoms with Gasteiger partial charge < -0.3 is 10.1 Å². The van der Waals surface area contributed by atoms with Gasteiger partial charge in [0.1, 0.15) is 6.73 Å². The fourth-order valence-corrected chi connectivity index (χ4v) is 1.34. The molecule has 3 heteroatoms. The molecular weight excluding hydrogens is 200 g/mol. The maximum atomic E-state index is 5.39. The highest BCUT2D eigenvalue weighted by Gasteiger charge is 1.99. The van der Waals surface area contributed by atoms with Gasteiger partial charge in [0.15, 0.2) is 0 Å². The van der Waals surface area contributed by atoms with Crippen molar-refractivity contribution in [2.45, 2.75) is 27.2 Å². The molecule has 1 heterocycles. The van der Waals surface area contributed by atoms with Crippen LogP contribution in [0.25, 0.3) is 5.70 Å². The third-order valence-electron chi connectivity index (χ3n) is 2.22. The van der Waals surface area contributed by atoms with E-state index in [1.54, 1.807) is 0 Å². The average molecular weight is 220 g/mol. The second-order valence-electron chi connectivity index (χ2n) is 3.62. The van der Waals surface area contributed by atoms with E-state index >= 15 is 0 Å². The van der Waals surface area contributed by atoms with Gasteiger partial charge in [-0.05, 0) is 32.4 Å². The van der Waals surface area contributed by atoms with E-state index in [1.165, 1.54) is 0 Å². The van der Waals surface area contributed by atoms with E-state index < -0.39 is 0 Å². The number of hydrogen-bond donors (Lipinski definition) is 1. The lowest BCUT2D eigenvalue weighted by Crippen LogP contribution is -2.16. The summed E-state index contributed by atoms with van der Waals surface area (Å²) in [5.74, 6) is 0. The fraction of sp³-hybridized carbons (Fsp3) is 0.462. The minimum atomic E-state index is 0.543. The van der Waals surface area contributed by atoms with E-state index in [-0.39, 0.29) is 0 Å². The van der Waals surface area contributed by atoms with Gasteiger partial charge in [0.25, 0.3) is 0 Å². The average Bonchev–Trinajstić information content (AvgIpc) is 2.31. The van der Waals surface area contributed by atoms with Crippen LogP contribution < -0.4 is 5.32 Å². The summed E-state index contributed by atoms with van der Waals surface area (Å²) < 4.78 is 5.39. The predicted octanol–water partition coefficient (Wildman–Crippen LogP) is 2.72. The number of pyridine rings is 1. The lowest BCUT2D eigenvalue weighted by molar-refractivity contribution is 0.128. The van der Waals surface area contributed by atoms with Gasteiger partial charge in [0, 0.05) is 29.8 Å². The van der Waals surface area contributed by atoms with Crippen molar-refractivity contribution in [2.75, 3.05) is 13.3 Å². The van der Waals surface area contributed by atoms with E-state index in [0.717, 1.165) is 30.0 Å². The Morgan fingerprint density at radius 3 is 2.88 bits per heavy atom. The minimum absolute atomic E-state index is 0.543. The first-order chi connectivity index (χ1) is 7.77. The van der Waals surface area contributed by atoms with Crippen LogP contribution in [0.2, 0.25) is 0 Å². The maximum Gasteiger partial charge on any atom is 0.116 e. The molecule has 0 aliphatic rings. The molecule has 0 bridgehead atoms. The molecule has 0 saturated heterocycles. The van der Waals surface area contributed by atoms with Crippen LogP contribution in [0, 0.1) is 6.92 Å². The number of allylic oxidation sites excluding steroid dienone is 1. The summed E-state index contributed by atoms with van der Waals surface area (Å²) in [5, 5.41) is 3.24. The maximum absolute atomic E-state index is 5.39. The zero-order valence-electron chi connectivity index (χ0n) is 10.3. The monoisotopic (exact) mass is 220 g/mol. The van der Waals surface area contributed by atoms with Gasteiger partial charge in [-0.15, -0.1) is 0 Å². The second kappa shape index (κ2) is 7.01. The number of hydrogen-bond acceptors (Lipinski definition) is 3. The standard InChI is InChI=1S/C13H20N2O/c1-4-8-16-10-15-13(5-2)12-7-6-11(3)14-9-12/h5-7,9,15H,4,8,10H2,1-3H3/b13-5-. The predicted molar refractivity (Wildman–Crippen MR) is 66.9 cm³/mol. The zero-order valence-corrected chi connectivity index (χ0v) is 10.3. The first-order valence-corrected chi connectivity index (χ1v) is 5.69. The van der Waals surface area contributed by atoms with Crippen LogP contribution in [-0.4, -0.2) is 18.3 Å². The van der Waals surface area contributed by atoms with Crippen molar-refractivity contribution >= 4 is 5.70 Å². The van der Waals surface area contributed by atoms with E-state index in [9.17, 15) is 0 Å². The molecule has 0 atom stereocenters. The lowest BCUT2D eigenvalue weighted by Gasteiger charge is -2.11. The van der Waals surface area contributed by atoms with E-state index in [0.29, 0.717) is 6.73 Å². The van der Waals surface area contributed by atoms with Gasteiger partial charge in [-0.25, -0.2) is 0 Å². The van der Waals surface area contributed by atoms with Gasteiger partial charge in [-0.1, -0.05) is 13.0 Å². The highest BCUT2D eigenvalue weighted by atomic mass is 16.5. The van der Waals surface area contributed by atoms with Crippen LogP contribution in [0.1, 0.15) is 31.5 Å². The van der Waals surface area contributed by atoms with E-state index in [2.05, 4.69) is 23.3 Å². The Bertz CT molecular complexity index is 330. The number of ether oxygens (including phenoxy) is 1. The van der Waals surface area contributed by atoms with Crippen molar-refractivity contribution in [3.05, 3.63) is 35.7 Å². The van der Waals surface area contributed by atoms with Crippen LogP contribution in [0.4, 0.5) is 0 Å². The molecule has 1 aromatic heterocycles. The van der Waals surface area contributed by atoms with Gasteiger partial charge in [-0.2, -0.15) is 0 Å². The Morgan fingerprint density at radius 1 is 1.50 bits per heavy atom. The molecule has 0 unspecified atom stereocenters. The highest BCUT2D eigenvalue weighted by Crippen LogP contribution is 2.10. The van der Waals surface area contributed by atoms with E-state index in [4.69, 9.17) is 4.74 Å². The molecule has 16 heavy (non-hydrogen) atoms. The summed E-state index contributed by atoms with van der Waals surface area (Å²) in [5.41, 5.74) is 3.18. The smallest absolute Gasteiger partial charge is 0.116 e. The molecular formula is C13H20N2O. The van der Waals surface area contributed by atoms with Crippen molar-refractivity contribution in [2.24, 2.45) is 0 Å². The zero-order chi connectivity index (χ0) is 11.8. The number of aryl methyl sites for hydroxylation is 1. The number of aromatic nitrogens is 1. The summed E-state index contributed by atoms with van der Waals surface area (Å²) in [4.78, 5) is 4.27. The number of nitrogens with zero attached hydrogens (tertiary/aromatic N) is 1. The van der Waals surface area contributed by atoms with Crippen molar-refractivity contribution in [3.8, 4) is 0 Å². The van der Waals surface area contributed by atoms with Crippen molar-refractivity contribution in [1.82, 2.24) is 10.3 Å². The first kappa shape index (κ1) is 12.7. The third-order valence-corrected chi connectivity index (χ3v) is 2.22. The third kappa shape index (κ3) is 4.03. The summed E-state index contributed by atoms with van der Waals surface area (Å²) >= 11 is 0. The summed E-state index contributed by atoms with van der Waals surface area (Å²) in [7, 11) is 0. The quantitative estimate of drug-likeness (QED) is 0.591. The second-order valence-corrected chi connectivity index (χ2v) is 3.62. The van der Waals surface area contributed by atoms with Gasteiger partial charge in [-0.3, -0.25) is 4.98 Å². The Labute approximate surface area is 97.5 Å². The molecule has 1 rings (SSSR count). The lowest BCUT2D eigenvalue weighted by atomic mass is 10.2. The van der Waals surface area contributed by atoms with Crippen LogP contribution in [0.3, 0.4) is 0 Å². The Balaban J connectivity index is 2.51. The summed E-state index contributed by atoms with van der Waals surface area (Å²) in [6.07, 6.45) is 4.94. The summed E-state index contributed by atoms with van der Waals surface area (Å²) in [6, 6.07) is 4.07. The van der Waals surface area contributed by atoms with Gasteiger partial charge in [0.05, 0.1) is 0 Å². The molecule has 0 amide bonds. The molecule has 0 spiro atoms. The molecule has 0 fully saturated rings. The molecule has 0 aromatic carbocycles. The molecule has 0 aliphatic carbocycles. The van der Waals surface area contributed by atoms with Gasteiger partial charge in [0.2, 0.25) is 0 Å². The molecule has 0 radical (unpaired) electrons. The molecule has 1 N–H and O–H groups in total. The highest BCUT2D eigenvalue weighted by molar-refractivity contribution is 5.62. The number of nitrogens with one attached hydrogen (secondary N) is 1. The van der Waals surface area contributed by atoms with Crippen molar-refractivity contribution in [3.63, 3.8) is 0 Å². The first-order valence-electron chi connectivity index (χ1n) is 5.69. The molecule has 1 aromatic rings. The molecule has 0 saturated carbocycles. The van der Waals surface area contributed by atoms with Crippen LogP contribution in [0.15, 0.2) is 24.4 Å². The minimum Gasteiger partial charge on any atom is -0.362 e. The van der Waals surface area contributed by atoms with Crippen molar-refractivity contribution < 1.29 is 4.74 Å². The topological polar surface area (TPSA) is 34.1 Å². The summed E-state index contributed by atoms with van der Waals surface area (Å²) in [6.45, 7) is 7.41. The molecule has 0 aliphatic heterocycles. The van der Waals surface area contributed by atoms with Gasteiger partial charge >= 0.3 is 0 Å². The Morgan fingerprint density at radius 2 is 2.31 bits per heavy atom.